The van der Waals surface area contributed by atoms with Gasteiger partial charge in [0.15, 0.2) is 5.82 Å². The van der Waals surface area contributed by atoms with Crippen molar-refractivity contribution in [3.05, 3.63) is 68.0 Å². The van der Waals surface area contributed by atoms with Gasteiger partial charge >= 0.3 is 0 Å². The van der Waals surface area contributed by atoms with E-state index < -0.39 is 5.91 Å². The lowest BCUT2D eigenvalue weighted by atomic mass is 10.1. The molecule has 0 fully saturated rings. The van der Waals surface area contributed by atoms with Gasteiger partial charge in [-0.2, -0.15) is 10.4 Å². The second-order valence-corrected chi connectivity index (χ2v) is 6.94. The molecule has 0 unspecified atom stereocenters. The number of nitrogens with zero attached hydrogens (tertiary/aromatic N) is 4. The van der Waals surface area contributed by atoms with Crippen LogP contribution in [0.2, 0.25) is 10.0 Å². The average molecular weight is 451 g/mol. The molecule has 2 aromatic heterocycles. The topological polar surface area (TPSA) is 83.6 Å². The van der Waals surface area contributed by atoms with E-state index in [1.54, 1.807) is 31.3 Å². The molecule has 2 heterocycles. The van der Waals surface area contributed by atoms with Crippen LogP contribution in [-0.4, -0.2) is 20.7 Å². The van der Waals surface area contributed by atoms with Gasteiger partial charge in [0.05, 0.1) is 16.3 Å². The lowest BCUT2D eigenvalue weighted by Gasteiger charge is -2.12. The minimum absolute atomic E-state index is 0.204. The monoisotopic (exact) mass is 449 g/mol. The Kier molecular flexibility index (Phi) is 5.28. The molecule has 3 rings (SSSR count). The fraction of sp³-hybridized carbons (Fsp3) is 0.0588. The number of benzene rings is 1. The number of anilines is 1. The number of aromatic nitrogens is 3. The minimum Gasteiger partial charge on any atom is -0.319 e. The molecular weight excluding hydrogens is 441 g/mol. The Balaban J connectivity index is 2.04. The van der Waals surface area contributed by atoms with E-state index in [2.05, 4.69) is 31.3 Å². The molecule has 0 aliphatic carbocycles. The van der Waals surface area contributed by atoms with Crippen LogP contribution in [0.3, 0.4) is 0 Å². The van der Waals surface area contributed by atoms with Gasteiger partial charge < -0.3 is 5.32 Å². The first-order chi connectivity index (χ1) is 12.4. The summed E-state index contributed by atoms with van der Waals surface area (Å²) in [5.74, 6) is -0.148. The van der Waals surface area contributed by atoms with E-state index in [0.717, 1.165) is 0 Å². The van der Waals surface area contributed by atoms with Crippen molar-refractivity contribution in [1.29, 1.82) is 5.26 Å². The van der Waals surface area contributed by atoms with Gasteiger partial charge in [-0.1, -0.05) is 23.2 Å². The van der Waals surface area contributed by atoms with Crippen LogP contribution < -0.4 is 5.32 Å². The Hall–Kier alpha value is -2.40. The summed E-state index contributed by atoms with van der Waals surface area (Å²) in [6.45, 7) is 1.76. The van der Waals surface area contributed by atoms with Crippen molar-refractivity contribution < 1.29 is 4.79 Å². The third kappa shape index (κ3) is 3.58. The van der Waals surface area contributed by atoms with Crippen LogP contribution in [0.4, 0.5) is 5.69 Å². The van der Waals surface area contributed by atoms with E-state index >= 15 is 0 Å². The molecule has 0 saturated heterocycles. The first-order valence-electron chi connectivity index (χ1n) is 7.28. The Morgan fingerprint density at radius 3 is 2.81 bits per heavy atom. The average Bonchev–Trinajstić information content (AvgIpc) is 2.99. The van der Waals surface area contributed by atoms with Crippen LogP contribution in [0.5, 0.6) is 0 Å². The minimum atomic E-state index is -0.466. The van der Waals surface area contributed by atoms with E-state index in [4.69, 9.17) is 23.2 Å². The van der Waals surface area contributed by atoms with Crippen LogP contribution in [-0.2, 0) is 0 Å². The van der Waals surface area contributed by atoms with Crippen LogP contribution in [0.25, 0.3) is 5.82 Å². The molecular formula is C17H10BrCl2N5O. The molecule has 0 spiro atoms. The molecule has 26 heavy (non-hydrogen) atoms. The number of carbonyl (C=O) groups is 1. The van der Waals surface area contributed by atoms with Gasteiger partial charge in [-0.3, -0.25) is 4.79 Å². The van der Waals surface area contributed by atoms with Gasteiger partial charge in [-0.05, 0) is 52.7 Å². The van der Waals surface area contributed by atoms with Crippen LogP contribution in [0, 0.1) is 18.3 Å². The van der Waals surface area contributed by atoms with E-state index in [1.807, 2.05) is 6.07 Å². The number of amides is 1. The molecule has 0 atom stereocenters. The van der Waals surface area contributed by atoms with Crippen molar-refractivity contribution in [2.45, 2.75) is 6.92 Å². The highest BCUT2D eigenvalue weighted by molar-refractivity contribution is 9.10. The molecule has 1 aromatic carbocycles. The number of aryl methyl sites for hydroxylation is 1. The quantitative estimate of drug-likeness (QED) is 0.622. The number of nitrogens with one attached hydrogen (secondary N) is 1. The highest BCUT2D eigenvalue weighted by Crippen LogP contribution is 2.27. The molecule has 9 heteroatoms. The van der Waals surface area contributed by atoms with Gasteiger partial charge in [0.1, 0.15) is 16.4 Å². The third-order valence-corrected chi connectivity index (χ3v) is 4.41. The highest BCUT2D eigenvalue weighted by Gasteiger charge is 2.20. The Morgan fingerprint density at radius 2 is 2.12 bits per heavy atom. The number of halogens is 3. The maximum absolute atomic E-state index is 12.8. The largest absolute Gasteiger partial charge is 0.319 e. The summed E-state index contributed by atoms with van der Waals surface area (Å²) in [6.07, 6.45) is 1.55. The Morgan fingerprint density at radius 1 is 1.35 bits per heavy atom. The summed E-state index contributed by atoms with van der Waals surface area (Å²) in [6, 6.07) is 10.1. The standard InChI is InChI=1S/C17H10BrCl2N5O/c1-9-5-11(19)6-10(8-21)15(9)23-17(26)13-7-14(18)24-25(13)16-12(20)3-2-4-22-16/h2-7H,1H3,(H,23,26). The van der Waals surface area contributed by atoms with Gasteiger partial charge in [-0.15, -0.1) is 0 Å². The summed E-state index contributed by atoms with van der Waals surface area (Å²) < 4.78 is 1.77. The molecule has 0 bridgehead atoms. The third-order valence-electron chi connectivity index (χ3n) is 3.51. The zero-order valence-corrected chi connectivity index (χ0v) is 16.4. The Bertz CT molecular complexity index is 1060. The number of hydrogen-bond donors (Lipinski definition) is 1. The Labute approximate surface area is 167 Å². The van der Waals surface area contributed by atoms with Crippen molar-refractivity contribution in [2.24, 2.45) is 0 Å². The predicted molar refractivity (Wildman–Crippen MR) is 103 cm³/mol. The van der Waals surface area contributed by atoms with E-state index in [-0.39, 0.29) is 11.3 Å². The second-order valence-electron chi connectivity index (χ2n) is 5.28. The summed E-state index contributed by atoms with van der Waals surface area (Å²) in [4.78, 5) is 17.0. The lowest BCUT2D eigenvalue weighted by molar-refractivity contribution is 0.101. The summed E-state index contributed by atoms with van der Waals surface area (Å²) in [5, 5.41) is 17.0. The van der Waals surface area contributed by atoms with E-state index in [1.165, 1.54) is 16.8 Å². The fourth-order valence-electron chi connectivity index (χ4n) is 2.38. The van der Waals surface area contributed by atoms with Crippen LogP contribution in [0.15, 0.2) is 41.1 Å². The van der Waals surface area contributed by atoms with Crippen molar-refractivity contribution in [3.63, 3.8) is 0 Å². The summed E-state index contributed by atoms with van der Waals surface area (Å²) in [5.41, 5.74) is 1.53. The van der Waals surface area contributed by atoms with Crippen molar-refractivity contribution in [3.8, 4) is 11.9 Å². The van der Waals surface area contributed by atoms with Gasteiger partial charge in [-0.25, -0.2) is 9.67 Å². The molecule has 1 amide bonds. The predicted octanol–water partition coefficient (Wildman–Crippen LogP) is 4.77. The molecule has 1 N–H and O–H groups in total. The van der Waals surface area contributed by atoms with Crippen LogP contribution in [0.1, 0.15) is 21.6 Å². The number of pyridine rings is 1. The maximum Gasteiger partial charge on any atom is 0.274 e. The highest BCUT2D eigenvalue weighted by atomic mass is 79.9. The zero-order valence-electron chi connectivity index (χ0n) is 13.3. The molecule has 130 valence electrons. The number of rotatable bonds is 3. The molecule has 0 aliphatic heterocycles. The summed E-state index contributed by atoms with van der Waals surface area (Å²) >= 11 is 15.4. The van der Waals surface area contributed by atoms with E-state index in [0.29, 0.717) is 31.7 Å². The van der Waals surface area contributed by atoms with E-state index in [9.17, 15) is 10.1 Å². The second kappa shape index (κ2) is 7.46. The number of carbonyl (C=O) groups excluding carboxylic acids is 1. The normalized spacial score (nSPS) is 10.4. The van der Waals surface area contributed by atoms with Crippen LogP contribution >= 0.6 is 39.1 Å². The van der Waals surface area contributed by atoms with Crippen molar-refractivity contribution in [1.82, 2.24) is 14.8 Å². The fourth-order valence-corrected chi connectivity index (χ4v) is 3.23. The molecule has 3 aromatic rings. The molecule has 6 nitrogen and oxygen atoms in total. The molecule has 0 radical (unpaired) electrons. The van der Waals surface area contributed by atoms with Crippen molar-refractivity contribution in [2.75, 3.05) is 5.32 Å². The van der Waals surface area contributed by atoms with Crippen molar-refractivity contribution >= 4 is 50.7 Å². The first kappa shape index (κ1) is 18.4. The lowest BCUT2D eigenvalue weighted by Crippen LogP contribution is -2.19. The number of hydrogen-bond acceptors (Lipinski definition) is 4. The maximum atomic E-state index is 12.8. The summed E-state index contributed by atoms with van der Waals surface area (Å²) in [7, 11) is 0. The van der Waals surface area contributed by atoms with Gasteiger partial charge in [0, 0.05) is 17.3 Å². The SMILES string of the molecule is Cc1cc(Cl)cc(C#N)c1NC(=O)c1cc(Br)nn1-c1ncccc1Cl. The molecule has 0 saturated carbocycles. The molecule has 0 aliphatic rings. The smallest absolute Gasteiger partial charge is 0.274 e. The zero-order chi connectivity index (χ0) is 18.8. The number of nitriles is 1. The van der Waals surface area contributed by atoms with Gasteiger partial charge in [0.2, 0.25) is 0 Å². The van der Waals surface area contributed by atoms with Gasteiger partial charge in [0.25, 0.3) is 5.91 Å². The first-order valence-corrected chi connectivity index (χ1v) is 8.83.